The molecule has 1 N–H and O–H groups in total. The van der Waals surface area contributed by atoms with Crippen LogP contribution in [0.25, 0.3) is 0 Å². The number of benzene rings is 1. The molecule has 1 aromatic carbocycles. The van der Waals surface area contributed by atoms with Gasteiger partial charge in [-0.15, -0.1) is 0 Å². The predicted octanol–water partition coefficient (Wildman–Crippen LogP) is 3.76. The van der Waals surface area contributed by atoms with Crippen molar-refractivity contribution in [1.82, 2.24) is 4.90 Å². The van der Waals surface area contributed by atoms with Gasteiger partial charge in [0.1, 0.15) is 5.76 Å². The molecule has 1 aliphatic heterocycles. The second kappa shape index (κ2) is 7.05. The normalized spacial score (nSPS) is 13.8. The summed E-state index contributed by atoms with van der Waals surface area (Å²) in [6, 6.07) is 8.80. The largest absolute Gasteiger partial charge is 0.454 e. The lowest BCUT2D eigenvalue weighted by Crippen LogP contribution is -2.30. The van der Waals surface area contributed by atoms with Crippen molar-refractivity contribution in [1.29, 1.82) is 0 Å². The maximum absolute atomic E-state index is 12.7. The zero-order chi connectivity index (χ0) is 17.1. The molecule has 0 saturated carbocycles. The molecule has 0 fully saturated rings. The molecule has 24 heavy (non-hydrogen) atoms. The maximum atomic E-state index is 12.7. The third-order valence-corrected chi connectivity index (χ3v) is 4.32. The van der Waals surface area contributed by atoms with Crippen LogP contribution in [0.3, 0.4) is 0 Å². The topological polar surface area (TPSA) is 62.6 Å². The number of nitrogens with one attached hydrogen (secondary N) is 1. The minimum absolute atomic E-state index is 0.0261. The number of aryl methyl sites for hydroxylation is 1. The van der Waals surface area contributed by atoms with Crippen LogP contribution >= 0.6 is 15.9 Å². The van der Waals surface area contributed by atoms with Crippen molar-refractivity contribution in [3.8, 4) is 0 Å². The number of anilines is 1. The molecular formula is C18H17BrN2O3. The van der Waals surface area contributed by atoms with E-state index in [2.05, 4.69) is 27.8 Å². The number of rotatable bonds is 3. The second-order valence-corrected chi connectivity index (χ2v) is 6.38. The maximum Gasteiger partial charge on any atom is 0.254 e. The number of furan rings is 1. The van der Waals surface area contributed by atoms with Crippen LogP contribution in [-0.4, -0.2) is 23.3 Å². The van der Waals surface area contributed by atoms with E-state index in [0.717, 1.165) is 24.2 Å². The van der Waals surface area contributed by atoms with Crippen molar-refractivity contribution < 1.29 is 14.0 Å². The third kappa shape index (κ3) is 3.59. The van der Waals surface area contributed by atoms with Crippen LogP contribution in [0.15, 0.2) is 52.1 Å². The van der Waals surface area contributed by atoms with Crippen LogP contribution in [0.4, 0.5) is 5.69 Å². The first-order chi connectivity index (χ1) is 11.6. The Morgan fingerprint density at radius 2 is 2.04 bits per heavy atom. The van der Waals surface area contributed by atoms with Crippen molar-refractivity contribution in [2.24, 2.45) is 0 Å². The molecule has 0 atom stereocenters. The van der Waals surface area contributed by atoms with Gasteiger partial charge in [-0.3, -0.25) is 9.59 Å². The highest BCUT2D eigenvalue weighted by molar-refractivity contribution is 9.10. The van der Waals surface area contributed by atoms with Crippen molar-refractivity contribution in [3.05, 3.63) is 64.5 Å². The number of halogens is 1. The summed E-state index contributed by atoms with van der Waals surface area (Å²) in [5, 5.41) is 2.66. The number of hydrogen-bond acceptors (Lipinski definition) is 3. The van der Waals surface area contributed by atoms with Gasteiger partial charge in [0.25, 0.3) is 5.91 Å². The molecule has 2 aromatic rings. The van der Waals surface area contributed by atoms with Gasteiger partial charge in [0, 0.05) is 36.3 Å². The molecule has 2 amide bonds. The van der Waals surface area contributed by atoms with E-state index in [9.17, 15) is 9.59 Å². The fraction of sp³-hybridized carbons (Fsp3) is 0.222. The number of hydrogen-bond donors (Lipinski definition) is 1. The lowest BCUT2D eigenvalue weighted by atomic mass is 10.1. The van der Waals surface area contributed by atoms with Gasteiger partial charge in [-0.2, -0.15) is 0 Å². The predicted molar refractivity (Wildman–Crippen MR) is 94.7 cm³/mol. The summed E-state index contributed by atoms with van der Waals surface area (Å²) < 4.78 is 6.31. The first-order valence-electron chi connectivity index (χ1n) is 7.66. The van der Waals surface area contributed by atoms with Gasteiger partial charge in [-0.05, 0) is 58.8 Å². The Labute approximate surface area is 148 Å². The average Bonchev–Trinajstić information content (AvgIpc) is 2.81. The lowest BCUT2D eigenvalue weighted by molar-refractivity contribution is -0.111. The molecule has 5 nitrogen and oxygen atoms in total. The Morgan fingerprint density at radius 3 is 2.75 bits per heavy atom. The van der Waals surface area contributed by atoms with Crippen molar-refractivity contribution >= 4 is 33.4 Å². The summed E-state index contributed by atoms with van der Waals surface area (Å²) in [7, 11) is 0. The van der Waals surface area contributed by atoms with Gasteiger partial charge < -0.3 is 14.6 Å². The molecular weight excluding hydrogens is 372 g/mol. The van der Waals surface area contributed by atoms with E-state index >= 15 is 0 Å². The number of nitrogens with zero attached hydrogens (tertiary/aromatic N) is 1. The summed E-state index contributed by atoms with van der Waals surface area (Å²) >= 11 is 3.34. The van der Waals surface area contributed by atoms with Crippen LogP contribution in [0, 0.1) is 0 Å². The number of amides is 2. The summed E-state index contributed by atoms with van der Waals surface area (Å²) in [5.74, 6) is 0.640. The van der Waals surface area contributed by atoms with Crippen molar-refractivity contribution in [2.75, 3.05) is 11.9 Å². The molecule has 124 valence electrons. The Hall–Kier alpha value is -2.34. The summed E-state index contributed by atoms with van der Waals surface area (Å²) in [6.45, 7) is 4.64. The monoisotopic (exact) mass is 388 g/mol. The van der Waals surface area contributed by atoms with Gasteiger partial charge in [-0.25, -0.2) is 0 Å². The molecule has 0 spiro atoms. The highest BCUT2D eigenvalue weighted by Gasteiger charge is 2.22. The molecule has 1 aliphatic rings. The molecule has 2 heterocycles. The molecule has 0 saturated heterocycles. The van der Waals surface area contributed by atoms with Crippen LogP contribution in [0.5, 0.6) is 0 Å². The van der Waals surface area contributed by atoms with Crippen LogP contribution < -0.4 is 5.32 Å². The Balaban J connectivity index is 1.74. The van der Waals surface area contributed by atoms with Crippen LogP contribution in [0.1, 0.15) is 28.1 Å². The van der Waals surface area contributed by atoms with Gasteiger partial charge in [0.15, 0.2) is 4.67 Å². The quantitative estimate of drug-likeness (QED) is 0.814. The summed E-state index contributed by atoms with van der Waals surface area (Å²) in [6.07, 6.45) is 2.90. The third-order valence-electron chi connectivity index (χ3n) is 3.93. The standard InChI is InChI=1S/C18H17BrN2O3/c1-2-17(22)20-14-7-5-12(6-8-14)18(23)21-9-3-4-15-13(11-21)10-16(19)24-15/h2,5-8,10H,1,3-4,9,11H2,(H,20,22). The van der Waals surface area contributed by atoms with Gasteiger partial charge in [0.2, 0.25) is 5.91 Å². The molecule has 0 bridgehead atoms. The average molecular weight is 389 g/mol. The molecule has 6 heteroatoms. The number of fused-ring (bicyclic) bond motifs is 1. The fourth-order valence-corrected chi connectivity index (χ4v) is 3.21. The van der Waals surface area contributed by atoms with E-state index in [1.807, 2.05) is 11.0 Å². The molecule has 0 unspecified atom stereocenters. The Bertz CT molecular complexity index is 780. The number of carbonyl (C=O) groups excluding carboxylic acids is 2. The van der Waals surface area contributed by atoms with Crippen LogP contribution in [0.2, 0.25) is 0 Å². The van der Waals surface area contributed by atoms with Gasteiger partial charge >= 0.3 is 0 Å². The van der Waals surface area contributed by atoms with Crippen molar-refractivity contribution in [3.63, 3.8) is 0 Å². The van der Waals surface area contributed by atoms with E-state index in [4.69, 9.17) is 4.42 Å². The van der Waals surface area contributed by atoms with E-state index in [1.165, 1.54) is 6.08 Å². The zero-order valence-electron chi connectivity index (χ0n) is 13.0. The molecule has 0 aliphatic carbocycles. The van der Waals surface area contributed by atoms with E-state index in [0.29, 0.717) is 29.0 Å². The van der Waals surface area contributed by atoms with E-state index in [1.54, 1.807) is 24.3 Å². The summed E-state index contributed by atoms with van der Waals surface area (Å²) in [5.41, 5.74) is 2.27. The van der Waals surface area contributed by atoms with Crippen molar-refractivity contribution in [2.45, 2.75) is 19.4 Å². The molecule has 1 aromatic heterocycles. The highest BCUT2D eigenvalue weighted by Crippen LogP contribution is 2.26. The molecule has 0 radical (unpaired) electrons. The fourth-order valence-electron chi connectivity index (χ4n) is 2.74. The second-order valence-electron chi connectivity index (χ2n) is 5.60. The highest BCUT2D eigenvalue weighted by atomic mass is 79.9. The first kappa shape index (κ1) is 16.5. The lowest BCUT2D eigenvalue weighted by Gasteiger charge is -2.20. The first-order valence-corrected chi connectivity index (χ1v) is 8.46. The number of carbonyl (C=O) groups is 2. The van der Waals surface area contributed by atoms with E-state index < -0.39 is 0 Å². The minimum Gasteiger partial charge on any atom is -0.454 e. The Kier molecular flexibility index (Phi) is 4.85. The SMILES string of the molecule is C=CC(=O)Nc1ccc(C(=O)N2CCCc3oc(Br)cc3C2)cc1. The zero-order valence-corrected chi connectivity index (χ0v) is 14.6. The minimum atomic E-state index is -0.278. The smallest absolute Gasteiger partial charge is 0.254 e. The van der Waals surface area contributed by atoms with Gasteiger partial charge in [0.05, 0.1) is 0 Å². The summed E-state index contributed by atoms with van der Waals surface area (Å²) in [4.78, 5) is 25.9. The van der Waals surface area contributed by atoms with Crippen LogP contribution in [-0.2, 0) is 17.8 Å². The van der Waals surface area contributed by atoms with E-state index in [-0.39, 0.29) is 11.8 Å². The molecule has 3 rings (SSSR count). The van der Waals surface area contributed by atoms with Gasteiger partial charge in [-0.1, -0.05) is 6.58 Å². The Morgan fingerprint density at radius 1 is 1.29 bits per heavy atom.